The van der Waals surface area contributed by atoms with E-state index in [9.17, 15) is 5.21 Å². The van der Waals surface area contributed by atoms with Crippen LogP contribution in [-0.4, -0.2) is 26.5 Å². The molecule has 0 aliphatic carbocycles. The summed E-state index contributed by atoms with van der Waals surface area (Å²) in [4.78, 5) is 0. The molecule has 1 aromatic rings. The lowest BCUT2D eigenvalue weighted by Gasteiger charge is -2.15. The van der Waals surface area contributed by atoms with Gasteiger partial charge in [-0.15, -0.1) is 10.2 Å². The summed E-state index contributed by atoms with van der Waals surface area (Å²) in [6, 6.07) is 0.0530. The Kier molecular flexibility index (Phi) is 2.78. The van der Waals surface area contributed by atoms with Crippen LogP contribution in [0.25, 0.3) is 0 Å². The number of hydrogen-bond donors (Lipinski definition) is 1. The van der Waals surface area contributed by atoms with Crippen molar-refractivity contribution in [1.29, 1.82) is 0 Å². The Balaban J connectivity index is 2.52. The molecule has 0 bridgehead atoms. The van der Waals surface area contributed by atoms with Gasteiger partial charge in [0.25, 0.3) is 0 Å². The Morgan fingerprint density at radius 1 is 1.50 bits per heavy atom. The van der Waals surface area contributed by atoms with Crippen LogP contribution in [0.2, 0.25) is 0 Å². The normalized spacial score (nSPS) is 11.5. The van der Waals surface area contributed by atoms with Gasteiger partial charge in [-0.05, 0) is 13.8 Å². The second-order valence-corrected chi connectivity index (χ2v) is 2.91. The van der Waals surface area contributed by atoms with Crippen molar-refractivity contribution in [2.24, 2.45) is 0 Å². The van der Waals surface area contributed by atoms with Crippen LogP contribution in [0.15, 0.2) is 4.42 Å². The SMILES string of the molecule is Cc1nnc(CN(O)C(C)C)o1. The molecular weight excluding hydrogens is 158 g/mol. The van der Waals surface area contributed by atoms with E-state index in [2.05, 4.69) is 10.2 Å². The molecule has 0 aliphatic heterocycles. The van der Waals surface area contributed by atoms with Gasteiger partial charge in [-0.1, -0.05) is 0 Å². The summed E-state index contributed by atoms with van der Waals surface area (Å²) >= 11 is 0. The minimum atomic E-state index is 0.0530. The maximum Gasteiger partial charge on any atom is 0.232 e. The van der Waals surface area contributed by atoms with E-state index in [1.807, 2.05) is 13.8 Å². The van der Waals surface area contributed by atoms with Crippen molar-refractivity contribution in [2.75, 3.05) is 0 Å². The first kappa shape index (κ1) is 9.15. The van der Waals surface area contributed by atoms with Gasteiger partial charge in [0.2, 0.25) is 11.8 Å². The fraction of sp³-hybridized carbons (Fsp3) is 0.714. The second-order valence-electron chi connectivity index (χ2n) is 2.91. The Hall–Kier alpha value is -0.940. The highest BCUT2D eigenvalue weighted by Crippen LogP contribution is 2.03. The number of aryl methyl sites for hydroxylation is 1. The number of hydrogen-bond acceptors (Lipinski definition) is 5. The monoisotopic (exact) mass is 171 g/mol. The largest absolute Gasteiger partial charge is 0.424 e. The molecule has 0 aromatic carbocycles. The zero-order chi connectivity index (χ0) is 9.14. The predicted octanol–water partition coefficient (Wildman–Crippen LogP) is 0.978. The van der Waals surface area contributed by atoms with E-state index in [0.29, 0.717) is 11.8 Å². The molecule has 0 atom stereocenters. The van der Waals surface area contributed by atoms with E-state index in [1.165, 1.54) is 0 Å². The third kappa shape index (κ3) is 2.28. The summed E-state index contributed by atoms with van der Waals surface area (Å²) in [6.07, 6.45) is 0. The van der Waals surface area contributed by atoms with E-state index in [1.54, 1.807) is 6.92 Å². The fourth-order valence-corrected chi connectivity index (χ4v) is 0.723. The van der Waals surface area contributed by atoms with Gasteiger partial charge in [-0.2, -0.15) is 5.06 Å². The summed E-state index contributed by atoms with van der Waals surface area (Å²) in [5.41, 5.74) is 0. The third-order valence-electron chi connectivity index (χ3n) is 1.46. The molecular formula is C7H13N3O2. The minimum Gasteiger partial charge on any atom is -0.424 e. The van der Waals surface area contributed by atoms with Gasteiger partial charge < -0.3 is 9.62 Å². The lowest BCUT2D eigenvalue weighted by Crippen LogP contribution is -2.26. The molecule has 1 rings (SSSR count). The van der Waals surface area contributed by atoms with Gasteiger partial charge in [-0.25, -0.2) is 0 Å². The first-order chi connectivity index (χ1) is 5.59. The smallest absolute Gasteiger partial charge is 0.232 e. The standard InChI is InChI=1S/C7H13N3O2/c1-5(2)10(11)4-7-9-8-6(3)12-7/h5,11H,4H2,1-3H3. The van der Waals surface area contributed by atoms with Crippen LogP contribution >= 0.6 is 0 Å². The Labute approximate surface area is 71.0 Å². The third-order valence-corrected chi connectivity index (χ3v) is 1.46. The van der Waals surface area contributed by atoms with Gasteiger partial charge in [0.15, 0.2) is 0 Å². The molecule has 0 radical (unpaired) electrons. The van der Waals surface area contributed by atoms with Crippen LogP contribution in [-0.2, 0) is 6.54 Å². The quantitative estimate of drug-likeness (QED) is 0.687. The van der Waals surface area contributed by atoms with E-state index in [0.717, 1.165) is 5.06 Å². The molecule has 0 unspecified atom stereocenters. The summed E-state index contributed by atoms with van der Waals surface area (Å²) < 4.78 is 5.08. The highest BCUT2D eigenvalue weighted by atomic mass is 16.5. The first-order valence-electron chi connectivity index (χ1n) is 3.84. The van der Waals surface area contributed by atoms with Crippen LogP contribution in [0, 0.1) is 6.92 Å². The lowest BCUT2D eigenvalue weighted by atomic mass is 10.4. The molecule has 1 N–H and O–H groups in total. The van der Waals surface area contributed by atoms with E-state index in [-0.39, 0.29) is 12.6 Å². The zero-order valence-corrected chi connectivity index (χ0v) is 7.48. The molecule has 12 heavy (non-hydrogen) atoms. The summed E-state index contributed by atoms with van der Waals surface area (Å²) in [5.74, 6) is 0.950. The van der Waals surface area contributed by atoms with Gasteiger partial charge in [0.05, 0.1) is 0 Å². The lowest BCUT2D eigenvalue weighted by molar-refractivity contribution is -0.129. The summed E-state index contributed by atoms with van der Waals surface area (Å²) in [5, 5.41) is 17.8. The van der Waals surface area contributed by atoms with Crippen LogP contribution in [0.3, 0.4) is 0 Å². The van der Waals surface area contributed by atoms with Crippen molar-refractivity contribution in [3.05, 3.63) is 11.8 Å². The summed E-state index contributed by atoms with van der Waals surface area (Å²) in [7, 11) is 0. The molecule has 0 saturated heterocycles. The maximum absolute atomic E-state index is 9.29. The number of hydroxylamine groups is 2. The number of aromatic nitrogens is 2. The van der Waals surface area contributed by atoms with E-state index in [4.69, 9.17) is 4.42 Å². The van der Waals surface area contributed by atoms with Gasteiger partial charge in [0.1, 0.15) is 6.54 Å². The van der Waals surface area contributed by atoms with Crippen LogP contribution in [0.1, 0.15) is 25.6 Å². The van der Waals surface area contributed by atoms with E-state index < -0.39 is 0 Å². The highest BCUT2D eigenvalue weighted by molar-refractivity contribution is 4.77. The second kappa shape index (κ2) is 3.64. The highest BCUT2D eigenvalue weighted by Gasteiger charge is 2.10. The van der Waals surface area contributed by atoms with Gasteiger partial charge in [0, 0.05) is 13.0 Å². The van der Waals surface area contributed by atoms with Crippen molar-refractivity contribution < 1.29 is 9.62 Å². The Morgan fingerprint density at radius 3 is 2.58 bits per heavy atom. The molecule has 0 fully saturated rings. The van der Waals surface area contributed by atoms with Gasteiger partial charge >= 0.3 is 0 Å². The number of nitrogens with zero attached hydrogens (tertiary/aromatic N) is 3. The molecule has 1 heterocycles. The molecule has 5 nitrogen and oxygen atoms in total. The zero-order valence-electron chi connectivity index (χ0n) is 7.48. The van der Waals surface area contributed by atoms with E-state index >= 15 is 0 Å². The summed E-state index contributed by atoms with van der Waals surface area (Å²) in [6.45, 7) is 5.75. The van der Waals surface area contributed by atoms with Gasteiger partial charge in [-0.3, -0.25) is 0 Å². The molecule has 0 spiro atoms. The van der Waals surface area contributed by atoms with Crippen molar-refractivity contribution >= 4 is 0 Å². The average molecular weight is 171 g/mol. The average Bonchev–Trinajstić information content (AvgIpc) is 2.35. The molecule has 68 valence electrons. The first-order valence-corrected chi connectivity index (χ1v) is 3.84. The van der Waals surface area contributed by atoms with Crippen LogP contribution < -0.4 is 0 Å². The molecule has 1 aromatic heterocycles. The molecule has 5 heteroatoms. The topological polar surface area (TPSA) is 62.4 Å². The maximum atomic E-state index is 9.29. The number of rotatable bonds is 3. The van der Waals surface area contributed by atoms with Crippen molar-refractivity contribution in [1.82, 2.24) is 15.3 Å². The predicted molar refractivity (Wildman–Crippen MR) is 41.5 cm³/mol. The molecule has 0 amide bonds. The fourth-order valence-electron chi connectivity index (χ4n) is 0.723. The Morgan fingerprint density at radius 2 is 2.17 bits per heavy atom. The Bertz CT molecular complexity index is 247. The molecule has 0 saturated carbocycles. The van der Waals surface area contributed by atoms with Crippen LogP contribution in [0.4, 0.5) is 0 Å². The van der Waals surface area contributed by atoms with Crippen molar-refractivity contribution in [3.8, 4) is 0 Å². The van der Waals surface area contributed by atoms with Crippen LogP contribution in [0.5, 0.6) is 0 Å². The molecule has 0 aliphatic rings. The minimum absolute atomic E-state index is 0.0530. The van der Waals surface area contributed by atoms with Crippen molar-refractivity contribution in [3.63, 3.8) is 0 Å². The van der Waals surface area contributed by atoms with Crippen molar-refractivity contribution in [2.45, 2.75) is 33.4 Å².